The van der Waals surface area contributed by atoms with E-state index in [0.717, 1.165) is 35.9 Å². The summed E-state index contributed by atoms with van der Waals surface area (Å²) in [5, 5.41) is 14.6. The highest BCUT2D eigenvalue weighted by Gasteiger charge is 2.25. The number of nitrogens with one attached hydrogen (secondary N) is 2. The molecule has 4 rings (SSSR count). The normalized spacial score (nSPS) is 16.1. The van der Waals surface area contributed by atoms with Gasteiger partial charge in [-0.25, -0.2) is 9.36 Å². The molecule has 0 saturated heterocycles. The standard InChI is InChI=1S/C20H28N6O2S/c1-13-7-21-25(9-15-3-4-15)19(13)23-17(27)11-29-12-18(28)24-20-14(2)8-22-26(20)10-16-5-6-16/h7-8,15-16H,3-6,9-12H2,1-2H3,(H,23,27)(H,24,28). The first kappa shape index (κ1) is 20.0. The topological polar surface area (TPSA) is 93.8 Å². The molecule has 9 heteroatoms. The second kappa shape index (κ2) is 8.61. The van der Waals surface area contributed by atoms with E-state index in [1.165, 1.54) is 37.4 Å². The molecule has 2 aliphatic carbocycles. The largest absolute Gasteiger partial charge is 0.310 e. The van der Waals surface area contributed by atoms with Gasteiger partial charge in [0.05, 0.1) is 23.9 Å². The lowest BCUT2D eigenvalue weighted by Crippen LogP contribution is -2.22. The van der Waals surface area contributed by atoms with E-state index < -0.39 is 0 Å². The van der Waals surface area contributed by atoms with Crippen molar-refractivity contribution in [2.75, 3.05) is 22.1 Å². The molecule has 2 amide bonds. The van der Waals surface area contributed by atoms with Crippen LogP contribution in [-0.4, -0.2) is 42.9 Å². The number of anilines is 2. The maximum atomic E-state index is 12.3. The summed E-state index contributed by atoms with van der Waals surface area (Å²) in [4.78, 5) is 24.7. The van der Waals surface area contributed by atoms with Gasteiger partial charge in [-0.1, -0.05) is 0 Å². The zero-order valence-corrected chi connectivity index (χ0v) is 17.8. The van der Waals surface area contributed by atoms with E-state index in [1.807, 2.05) is 23.2 Å². The fraction of sp³-hybridized carbons (Fsp3) is 0.600. The molecule has 0 bridgehead atoms. The summed E-state index contributed by atoms with van der Waals surface area (Å²) in [6.45, 7) is 5.60. The predicted octanol–water partition coefficient (Wildman–Crippen LogP) is 2.83. The number of rotatable bonds is 10. The van der Waals surface area contributed by atoms with Crippen LogP contribution in [0.2, 0.25) is 0 Å². The summed E-state index contributed by atoms with van der Waals surface area (Å²) in [5.41, 5.74) is 1.92. The Balaban J connectivity index is 1.23. The average molecular weight is 417 g/mol. The summed E-state index contributed by atoms with van der Waals surface area (Å²) in [5.74, 6) is 3.12. The van der Waals surface area contributed by atoms with Gasteiger partial charge < -0.3 is 10.6 Å². The van der Waals surface area contributed by atoms with Gasteiger partial charge in [-0.3, -0.25) is 9.59 Å². The van der Waals surface area contributed by atoms with Crippen LogP contribution in [0.1, 0.15) is 36.8 Å². The molecule has 2 aromatic rings. The molecule has 2 aliphatic rings. The molecule has 29 heavy (non-hydrogen) atoms. The van der Waals surface area contributed by atoms with Gasteiger partial charge in [-0.15, -0.1) is 11.8 Å². The number of hydrogen-bond acceptors (Lipinski definition) is 5. The Morgan fingerprint density at radius 2 is 1.31 bits per heavy atom. The Bertz CT molecular complexity index is 825. The Hall–Kier alpha value is -2.29. The van der Waals surface area contributed by atoms with Crippen LogP contribution in [0, 0.1) is 25.7 Å². The number of carbonyl (C=O) groups is 2. The third-order valence-electron chi connectivity index (χ3n) is 5.28. The summed E-state index contributed by atoms with van der Waals surface area (Å²) in [6.07, 6.45) is 8.50. The van der Waals surface area contributed by atoms with E-state index in [2.05, 4.69) is 20.8 Å². The predicted molar refractivity (Wildman–Crippen MR) is 114 cm³/mol. The molecule has 0 unspecified atom stereocenters. The number of aryl methyl sites for hydroxylation is 2. The van der Waals surface area contributed by atoms with Gasteiger partial charge in [0.2, 0.25) is 11.8 Å². The van der Waals surface area contributed by atoms with E-state index in [1.54, 1.807) is 12.4 Å². The Kier molecular flexibility index (Phi) is 5.94. The van der Waals surface area contributed by atoms with E-state index in [0.29, 0.717) is 11.8 Å². The quantitative estimate of drug-likeness (QED) is 0.621. The minimum absolute atomic E-state index is 0.113. The van der Waals surface area contributed by atoms with Crippen molar-refractivity contribution in [1.82, 2.24) is 19.6 Å². The van der Waals surface area contributed by atoms with Crippen molar-refractivity contribution >= 4 is 35.2 Å². The number of nitrogens with zero attached hydrogens (tertiary/aromatic N) is 4. The molecular formula is C20H28N6O2S. The monoisotopic (exact) mass is 416 g/mol. The van der Waals surface area contributed by atoms with E-state index in [9.17, 15) is 9.59 Å². The molecule has 2 N–H and O–H groups in total. The first-order chi connectivity index (χ1) is 14.0. The molecule has 0 radical (unpaired) electrons. The number of amides is 2. The highest BCUT2D eigenvalue weighted by atomic mass is 32.2. The van der Waals surface area contributed by atoms with Crippen LogP contribution in [0.3, 0.4) is 0 Å². The Morgan fingerprint density at radius 1 is 0.897 bits per heavy atom. The Morgan fingerprint density at radius 3 is 1.69 bits per heavy atom. The van der Waals surface area contributed by atoms with Crippen molar-refractivity contribution in [2.45, 2.75) is 52.6 Å². The fourth-order valence-corrected chi connectivity index (χ4v) is 3.84. The molecule has 156 valence electrons. The first-order valence-electron chi connectivity index (χ1n) is 10.2. The molecule has 2 heterocycles. The second-order valence-corrected chi connectivity index (χ2v) is 9.18. The lowest BCUT2D eigenvalue weighted by molar-refractivity contribution is -0.114. The van der Waals surface area contributed by atoms with Crippen LogP contribution in [-0.2, 0) is 22.7 Å². The number of aromatic nitrogens is 4. The van der Waals surface area contributed by atoms with Crippen LogP contribution < -0.4 is 10.6 Å². The maximum absolute atomic E-state index is 12.3. The van der Waals surface area contributed by atoms with Gasteiger partial charge in [-0.05, 0) is 51.4 Å². The van der Waals surface area contributed by atoms with Crippen molar-refractivity contribution in [2.24, 2.45) is 11.8 Å². The molecule has 2 fully saturated rings. The van der Waals surface area contributed by atoms with Gasteiger partial charge in [0.1, 0.15) is 11.6 Å². The Labute approximate surface area is 174 Å². The minimum atomic E-state index is -0.113. The third-order valence-corrected chi connectivity index (χ3v) is 6.22. The van der Waals surface area contributed by atoms with Gasteiger partial charge in [0.15, 0.2) is 0 Å². The number of thioether (sulfide) groups is 1. The zero-order valence-electron chi connectivity index (χ0n) is 17.0. The molecule has 8 nitrogen and oxygen atoms in total. The smallest absolute Gasteiger partial charge is 0.235 e. The summed E-state index contributed by atoms with van der Waals surface area (Å²) in [6, 6.07) is 0. The molecule has 0 aliphatic heterocycles. The van der Waals surface area contributed by atoms with Crippen molar-refractivity contribution in [1.29, 1.82) is 0 Å². The van der Waals surface area contributed by atoms with Gasteiger partial charge in [0.25, 0.3) is 0 Å². The number of hydrogen-bond donors (Lipinski definition) is 2. The molecule has 0 aromatic carbocycles. The molecule has 2 aromatic heterocycles. The van der Waals surface area contributed by atoms with Crippen LogP contribution in [0.25, 0.3) is 0 Å². The molecule has 0 atom stereocenters. The molecular weight excluding hydrogens is 388 g/mol. The van der Waals surface area contributed by atoms with Crippen molar-refractivity contribution in [3.05, 3.63) is 23.5 Å². The summed E-state index contributed by atoms with van der Waals surface area (Å²) >= 11 is 1.31. The van der Waals surface area contributed by atoms with E-state index in [4.69, 9.17) is 0 Å². The summed E-state index contributed by atoms with van der Waals surface area (Å²) in [7, 11) is 0. The zero-order chi connectivity index (χ0) is 20.4. The minimum Gasteiger partial charge on any atom is -0.310 e. The van der Waals surface area contributed by atoms with Crippen LogP contribution in [0.5, 0.6) is 0 Å². The van der Waals surface area contributed by atoms with Gasteiger partial charge >= 0.3 is 0 Å². The van der Waals surface area contributed by atoms with Gasteiger partial charge in [0, 0.05) is 24.2 Å². The van der Waals surface area contributed by atoms with Crippen molar-refractivity contribution < 1.29 is 9.59 Å². The van der Waals surface area contributed by atoms with E-state index in [-0.39, 0.29) is 23.3 Å². The molecule has 0 spiro atoms. The highest BCUT2D eigenvalue weighted by molar-refractivity contribution is 8.00. The van der Waals surface area contributed by atoms with E-state index >= 15 is 0 Å². The maximum Gasteiger partial charge on any atom is 0.235 e. The SMILES string of the molecule is Cc1cnn(CC2CC2)c1NC(=O)CSCC(=O)Nc1c(C)cnn1CC1CC1. The molecule has 2 saturated carbocycles. The van der Waals surface area contributed by atoms with Crippen molar-refractivity contribution in [3.63, 3.8) is 0 Å². The lowest BCUT2D eigenvalue weighted by Gasteiger charge is -2.11. The van der Waals surface area contributed by atoms with Crippen LogP contribution in [0.15, 0.2) is 12.4 Å². The average Bonchev–Trinajstić information content (AvgIpc) is 3.59. The van der Waals surface area contributed by atoms with Crippen LogP contribution in [0.4, 0.5) is 11.6 Å². The second-order valence-electron chi connectivity index (χ2n) is 8.19. The fourth-order valence-electron chi connectivity index (χ4n) is 3.22. The van der Waals surface area contributed by atoms with Gasteiger partial charge in [-0.2, -0.15) is 10.2 Å². The van der Waals surface area contributed by atoms with Crippen molar-refractivity contribution in [3.8, 4) is 0 Å². The highest BCUT2D eigenvalue weighted by Crippen LogP contribution is 2.32. The number of carbonyl (C=O) groups excluding carboxylic acids is 2. The lowest BCUT2D eigenvalue weighted by atomic mass is 10.3. The third kappa shape index (κ3) is 5.41. The first-order valence-corrected chi connectivity index (χ1v) is 11.4. The summed E-state index contributed by atoms with van der Waals surface area (Å²) < 4.78 is 3.76. The van der Waals surface area contributed by atoms with Crippen LogP contribution >= 0.6 is 11.8 Å².